The van der Waals surface area contributed by atoms with E-state index in [1.807, 2.05) is 19.1 Å². The molecule has 152 valence electrons. The van der Waals surface area contributed by atoms with Gasteiger partial charge in [-0.15, -0.1) is 0 Å². The van der Waals surface area contributed by atoms with Gasteiger partial charge in [-0.3, -0.25) is 0 Å². The summed E-state index contributed by atoms with van der Waals surface area (Å²) in [6, 6.07) is 9.40. The van der Waals surface area contributed by atoms with Crippen LogP contribution in [0.15, 0.2) is 30.3 Å². The fraction of sp³-hybridized carbons (Fsp3) is 0.381. The molecule has 0 aliphatic heterocycles. The molecule has 0 aliphatic rings. The molecule has 0 saturated heterocycles. The Morgan fingerprint density at radius 3 is 2.39 bits per heavy atom. The Bertz CT molecular complexity index is 821. The Morgan fingerprint density at radius 1 is 1.18 bits per heavy atom. The van der Waals surface area contributed by atoms with Crippen molar-refractivity contribution in [1.82, 2.24) is 0 Å². The maximum absolute atomic E-state index is 13.4. The number of carboxylic acids is 1. The molecule has 2 N–H and O–H groups in total. The summed E-state index contributed by atoms with van der Waals surface area (Å²) < 4.78 is 19.2. The number of nitrogens with one attached hydrogen (secondary N) is 1. The molecule has 0 amide bonds. The number of alkyl halides is 1. The van der Waals surface area contributed by atoms with Gasteiger partial charge < -0.3 is 15.2 Å². The number of ether oxygens (including phenoxy) is 1. The number of carbonyl (C=O) groups is 1. The quantitative estimate of drug-likeness (QED) is 0.510. The molecule has 0 bridgehead atoms. The molecule has 7 heteroatoms. The molecule has 2 aromatic rings. The highest BCUT2D eigenvalue weighted by Gasteiger charge is 2.18. The van der Waals surface area contributed by atoms with Crippen molar-refractivity contribution >= 4 is 34.9 Å². The number of rotatable bonds is 9. The minimum atomic E-state index is -2.01. The largest absolute Gasteiger partial charge is 0.486 e. The first-order chi connectivity index (χ1) is 13.2. The molecular formula is C21H24Cl2FNO3. The second kappa shape index (κ2) is 9.99. The summed E-state index contributed by atoms with van der Waals surface area (Å²) in [5.74, 6) is -1.23. The van der Waals surface area contributed by atoms with Crippen LogP contribution in [0.4, 0.5) is 10.1 Å². The zero-order valence-electron chi connectivity index (χ0n) is 16.1. The number of aryl methyl sites for hydroxylation is 1. The summed E-state index contributed by atoms with van der Waals surface area (Å²) in [6.07, 6.45) is -1.31. The Hall–Kier alpha value is -1.98. The lowest BCUT2D eigenvalue weighted by Crippen LogP contribution is -2.17. The van der Waals surface area contributed by atoms with Crippen LogP contribution < -0.4 is 10.1 Å². The van der Waals surface area contributed by atoms with E-state index in [0.29, 0.717) is 11.6 Å². The van der Waals surface area contributed by atoms with E-state index in [0.717, 1.165) is 23.2 Å². The lowest BCUT2D eigenvalue weighted by atomic mass is 10.1. The van der Waals surface area contributed by atoms with Gasteiger partial charge in [-0.25, -0.2) is 9.18 Å². The van der Waals surface area contributed by atoms with Crippen molar-refractivity contribution in [2.75, 3.05) is 5.32 Å². The Labute approximate surface area is 174 Å². The number of benzene rings is 2. The minimum absolute atomic E-state index is 0.214. The van der Waals surface area contributed by atoms with Gasteiger partial charge in [0.2, 0.25) is 6.17 Å². The monoisotopic (exact) mass is 427 g/mol. The molecule has 0 heterocycles. The average molecular weight is 428 g/mol. The van der Waals surface area contributed by atoms with Crippen LogP contribution in [-0.2, 0) is 17.8 Å². The van der Waals surface area contributed by atoms with Gasteiger partial charge in [-0.05, 0) is 61.2 Å². The van der Waals surface area contributed by atoms with Crippen molar-refractivity contribution in [1.29, 1.82) is 0 Å². The van der Waals surface area contributed by atoms with E-state index < -0.39 is 12.1 Å². The van der Waals surface area contributed by atoms with E-state index in [1.54, 1.807) is 0 Å². The number of carboxylic acid groups (broad SMARTS) is 1. The van der Waals surface area contributed by atoms with Crippen molar-refractivity contribution in [3.63, 3.8) is 0 Å². The van der Waals surface area contributed by atoms with Crippen molar-refractivity contribution in [3.8, 4) is 5.75 Å². The van der Waals surface area contributed by atoms with Gasteiger partial charge in [-0.2, -0.15) is 0 Å². The predicted molar refractivity (Wildman–Crippen MR) is 112 cm³/mol. The first-order valence-corrected chi connectivity index (χ1v) is 9.79. The van der Waals surface area contributed by atoms with Crippen LogP contribution in [0.3, 0.4) is 0 Å². The van der Waals surface area contributed by atoms with Gasteiger partial charge in [0.15, 0.2) is 5.75 Å². The van der Waals surface area contributed by atoms with Crippen LogP contribution in [0.1, 0.15) is 37.0 Å². The van der Waals surface area contributed by atoms with Gasteiger partial charge in [0.1, 0.15) is 6.61 Å². The van der Waals surface area contributed by atoms with Gasteiger partial charge in [0.05, 0.1) is 10.0 Å². The molecule has 2 unspecified atom stereocenters. The van der Waals surface area contributed by atoms with Gasteiger partial charge in [-0.1, -0.05) is 36.2 Å². The van der Waals surface area contributed by atoms with Gasteiger partial charge in [0, 0.05) is 18.2 Å². The lowest BCUT2D eigenvalue weighted by molar-refractivity contribution is -0.142. The second-order valence-electron chi connectivity index (χ2n) is 6.85. The average Bonchev–Trinajstić information content (AvgIpc) is 2.60. The van der Waals surface area contributed by atoms with E-state index in [9.17, 15) is 9.18 Å². The molecular weight excluding hydrogens is 404 g/mol. The molecule has 0 aromatic heterocycles. The van der Waals surface area contributed by atoms with Crippen LogP contribution in [0.25, 0.3) is 0 Å². The third kappa shape index (κ3) is 6.28. The molecule has 28 heavy (non-hydrogen) atoms. The predicted octanol–water partition coefficient (Wildman–Crippen LogP) is 6.06. The zero-order chi connectivity index (χ0) is 20.8. The number of anilines is 1. The Balaban J connectivity index is 2.13. The van der Waals surface area contributed by atoms with E-state index >= 15 is 0 Å². The van der Waals surface area contributed by atoms with Crippen molar-refractivity contribution in [2.45, 2.75) is 52.4 Å². The van der Waals surface area contributed by atoms with Crippen LogP contribution in [0, 0.1) is 6.92 Å². The normalized spacial score (nSPS) is 13.1. The third-order valence-electron chi connectivity index (χ3n) is 4.29. The lowest BCUT2D eigenvalue weighted by Gasteiger charge is -2.16. The molecule has 0 radical (unpaired) electrons. The number of halogens is 3. The van der Waals surface area contributed by atoms with Gasteiger partial charge >= 0.3 is 5.97 Å². The number of hydrogen-bond acceptors (Lipinski definition) is 3. The van der Waals surface area contributed by atoms with E-state index in [4.69, 9.17) is 33.0 Å². The molecule has 2 rings (SSSR count). The first-order valence-electron chi connectivity index (χ1n) is 9.04. The summed E-state index contributed by atoms with van der Waals surface area (Å²) in [5.41, 5.74) is 3.47. The highest BCUT2D eigenvalue weighted by Crippen LogP contribution is 2.35. The molecule has 2 aromatic carbocycles. The maximum atomic E-state index is 13.4. The molecule has 0 spiro atoms. The van der Waals surface area contributed by atoms with E-state index in [2.05, 4.69) is 25.2 Å². The second-order valence-corrected chi connectivity index (χ2v) is 7.66. The highest BCUT2D eigenvalue weighted by molar-refractivity contribution is 6.37. The van der Waals surface area contributed by atoms with Crippen LogP contribution in [0.2, 0.25) is 10.0 Å². The van der Waals surface area contributed by atoms with Crippen molar-refractivity contribution in [3.05, 3.63) is 57.1 Å². The van der Waals surface area contributed by atoms with Gasteiger partial charge in [0.25, 0.3) is 0 Å². The fourth-order valence-corrected chi connectivity index (χ4v) is 3.37. The Morgan fingerprint density at radius 2 is 1.82 bits per heavy atom. The summed E-state index contributed by atoms with van der Waals surface area (Å²) in [4.78, 5) is 10.7. The van der Waals surface area contributed by atoms with Crippen LogP contribution in [0.5, 0.6) is 5.75 Å². The van der Waals surface area contributed by atoms with Crippen LogP contribution >= 0.6 is 23.2 Å². The molecule has 0 fully saturated rings. The topological polar surface area (TPSA) is 58.6 Å². The van der Waals surface area contributed by atoms with Crippen molar-refractivity contribution in [2.24, 2.45) is 0 Å². The first kappa shape index (κ1) is 22.3. The molecule has 2 atom stereocenters. The summed E-state index contributed by atoms with van der Waals surface area (Å²) >= 11 is 12.4. The summed E-state index contributed by atoms with van der Waals surface area (Å²) in [5, 5.41) is 12.6. The minimum Gasteiger partial charge on any atom is -0.486 e. The fourth-order valence-electron chi connectivity index (χ4n) is 2.73. The maximum Gasteiger partial charge on any atom is 0.338 e. The zero-order valence-corrected chi connectivity index (χ0v) is 17.6. The highest BCUT2D eigenvalue weighted by atomic mass is 35.5. The van der Waals surface area contributed by atoms with Crippen molar-refractivity contribution < 1.29 is 19.0 Å². The third-order valence-corrected chi connectivity index (χ3v) is 4.85. The van der Waals surface area contributed by atoms with Crippen LogP contribution in [-0.4, -0.2) is 23.3 Å². The molecule has 0 aliphatic carbocycles. The Kier molecular flexibility index (Phi) is 7.96. The molecule has 4 nitrogen and oxygen atoms in total. The SMILES string of the molecule is CCC(C)Nc1cc(C)cc(COc2c(Cl)cc(CC(F)C(=O)O)cc2Cl)c1. The van der Waals surface area contributed by atoms with E-state index in [1.165, 1.54) is 12.1 Å². The summed E-state index contributed by atoms with van der Waals surface area (Å²) in [7, 11) is 0. The number of aliphatic carboxylic acids is 1. The smallest absolute Gasteiger partial charge is 0.338 e. The standard InChI is InChI=1S/C21H24Cl2FNO3/c1-4-13(3)25-16-6-12(2)5-15(7-16)11-28-20-17(22)8-14(9-18(20)23)10-19(24)21(26)27/h5-9,13,19,25H,4,10-11H2,1-3H3,(H,26,27). The van der Waals surface area contributed by atoms with E-state index in [-0.39, 0.29) is 28.8 Å². The molecule has 0 saturated carbocycles. The summed E-state index contributed by atoms with van der Waals surface area (Å²) in [6.45, 7) is 6.51. The number of hydrogen-bond donors (Lipinski definition) is 2.